The van der Waals surface area contributed by atoms with Crippen LogP contribution in [-0.4, -0.2) is 27.2 Å². The average molecular weight is 299 g/mol. The van der Waals surface area contributed by atoms with Crippen molar-refractivity contribution < 1.29 is 13.9 Å². The molecule has 0 spiro atoms. The van der Waals surface area contributed by atoms with Crippen molar-refractivity contribution in [3.8, 4) is 11.3 Å². The third-order valence-corrected chi connectivity index (χ3v) is 3.28. The van der Waals surface area contributed by atoms with Gasteiger partial charge in [0.2, 0.25) is 5.82 Å². The van der Waals surface area contributed by atoms with Crippen molar-refractivity contribution in [2.45, 2.75) is 13.8 Å². The first-order chi connectivity index (χ1) is 10.6. The van der Waals surface area contributed by atoms with Crippen molar-refractivity contribution in [1.29, 1.82) is 0 Å². The first-order valence-corrected chi connectivity index (χ1v) is 6.88. The largest absolute Gasteiger partial charge is 0.460 e. The first kappa shape index (κ1) is 14.2. The SMILES string of the molecule is CCOC(=O)c1ncc2c(C)cc(-c3cccc(F)c3)nn12. The van der Waals surface area contributed by atoms with E-state index in [0.29, 0.717) is 16.8 Å². The molecular weight excluding hydrogens is 285 g/mol. The van der Waals surface area contributed by atoms with E-state index in [1.807, 2.05) is 13.0 Å². The van der Waals surface area contributed by atoms with Crippen LogP contribution in [0, 0.1) is 12.7 Å². The molecular formula is C16H14FN3O2. The number of ether oxygens (including phenoxy) is 1. The van der Waals surface area contributed by atoms with Crippen molar-refractivity contribution in [2.75, 3.05) is 6.61 Å². The van der Waals surface area contributed by atoms with E-state index in [1.165, 1.54) is 16.6 Å². The number of benzene rings is 1. The van der Waals surface area contributed by atoms with Gasteiger partial charge in [-0.05, 0) is 37.6 Å². The molecule has 0 atom stereocenters. The topological polar surface area (TPSA) is 56.5 Å². The third kappa shape index (κ3) is 2.43. The second kappa shape index (κ2) is 5.55. The van der Waals surface area contributed by atoms with Gasteiger partial charge in [-0.3, -0.25) is 0 Å². The Morgan fingerprint density at radius 1 is 1.36 bits per heavy atom. The van der Waals surface area contributed by atoms with Crippen LogP contribution in [0.1, 0.15) is 23.1 Å². The summed E-state index contributed by atoms with van der Waals surface area (Å²) >= 11 is 0. The van der Waals surface area contributed by atoms with Crippen molar-refractivity contribution in [3.63, 3.8) is 0 Å². The summed E-state index contributed by atoms with van der Waals surface area (Å²) in [6.45, 7) is 3.87. The molecule has 0 N–H and O–H groups in total. The monoisotopic (exact) mass is 299 g/mol. The van der Waals surface area contributed by atoms with Gasteiger partial charge in [0.25, 0.3) is 0 Å². The Morgan fingerprint density at radius 3 is 2.91 bits per heavy atom. The van der Waals surface area contributed by atoms with Crippen LogP contribution in [0.25, 0.3) is 16.8 Å². The van der Waals surface area contributed by atoms with Gasteiger partial charge in [0, 0.05) is 5.56 Å². The number of rotatable bonds is 3. The number of aryl methyl sites for hydroxylation is 1. The fraction of sp³-hybridized carbons (Fsp3) is 0.188. The highest BCUT2D eigenvalue weighted by molar-refractivity contribution is 5.87. The Balaban J connectivity index is 2.18. The van der Waals surface area contributed by atoms with Crippen LogP contribution in [0.2, 0.25) is 0 Å². The number of esters is 1. The number of halogens is 1. The fourth-order valence-electron chi connectivity index (χ4n) is 2.26. The maximum atomic E-state index is 13.4. The molecule has 0 amide bonds. The van der Waals surface area contributed by atoms with Gasteiger partial charge in [-0.2, -0.15) is 5.10 Å². The molecule has 112 valence electrons. The molecule has 0 aliphatic carbocycles. The van der Waals surface area contributed by atoms with E-state index in [9.17, 15) is 9.18 Å². The summed E-state index contributed by atoms with van der Waals surface area (Å²) in [6, 6.07) is 7.98. The summed E-state index contributed by atoms with van der Waals surface area (Å²) in [5, 5.41) is 4.40. The molecule has 1 aromatic carbocycles. The Hall–Kier alpha value is -2.76. The van der Waals surface area contributed by atoms with E-state index in [2.05, 4.69) is 10.1 Å². The van der Waals surface area contributed by atoms with Crippen molar-refractivity contribution in [3.05, 3.63) is 53.7 Å². The second-order valence-electron chi connectivity index (χ2n) is 4.82. The minimum absolute atomic E-state index is 0.109. The standard InChI is InChI=1S/C16H14FN3O2/c1-3-22-16(21)15-18-9-14-10(2)7-13(19-20(14)15)11-5-4-6-12(17)8-11/h4-9H,3H2,1-2H3. The van der Waals surface area contributed by atoms with E-state index in [4.69, 9.17) is 4.74 Å². The number of carbonyl (C=O) groups is 1. The van der Waals surface area contributed by atoms with Crippen molar-refractivity contribution in [2.24, 2.45) is 0 Å². The Labute approximate surface area is 126 Å². The van der Waals surface area contributed by atoms with Gasteiger partial charge in [0.1, 0.15) is 5.82 Å². The molecule has 5 nitrogen and oxygen atoms in total. The van der Waals surface area contributed by atoms with Crippen LogP contribution < -0.4 is 0 Å². The van der Waals surface area contributed by atoms with Gasteiger partial charge >= 0.3 is 5.97 Å². The maximum Gasteiger partial charge on any atom is 0.376 e. The third-order valence-electron chi connectivity index (χ3n) is 3.28. The van der Waals surface area contributed by atoms with Gasteiger partial charge < -0.3 is 4.74 Å². The molecule has 0 unspecified atom stereocenters. The minimum atomic E-state index is -0.536. The minimum Gasteiger partial charge on any atom is -0.460 e. The van der Waals surface area contributed by atoms with Gasteiger partial charge in [0.15, 0.2) is 0 Å². The molecule has 0 radical (unpaired) electrons. The number of nitrogens with zero attached hydrogens (tertiary/aromatic N) is 3. The van der Waals surface area contributed by atoms with Crippen molar-refractivity contribution >= 4 is 11.5 Å². The molecule has 2 heterocycles. The van der Waals surface area contributed by atoms with E-state index >= 15 is 0 Å². The fourth-order valence-corrected chi connectivity index (χ4v) is 2.26. The summed E-state index contributed by atoms with van der Waals surface area (Å²) in [4.78, 5) is 16.0. The Morgan fingerprint density at radius 2 is 2.18 bits per heavy atom. The summed E-state index contributed by atoms with van der Waals surface area (Å²) in [7, 11) is 0. The quantitative estimate of drug-likeness (QED) is 0.698. The molecule has 22 heavy (non-hydrogen) atoms. The van der Waals surface area contributed by atoms with E-state index in [0.717, 1.165) is 5.56 Å². The predicted molar refractivity (Wildman–Crippen MR) is 79.1 cm³/mol. The molecule has 0 saturated carbocycles. The van der Waals surface area contributed by atoms with Gasteiger partial charge in [-0.1, -0.05) is 12.1 Å². The lowest BCUT2D eigenvalue weighted by Crippen LogP contribution is -2.11. The van der Waals surface area contributed by atoms with Gasteiger partial charge in [-0.15, -0.1) is 0 Å². The van der Waals surface area contributed by atoms with E-state index in [-0.39, 0.29) is 18.2 Å². The van der Waals surface area contributed by atoms with Crippen molar-refractivity contribution in [1.82, 2.24) is 14.6 Å². The number of hydrogen-bond acceptors (Lipinski definition) is 4. The molecule has 6 heteroatoms. The molecule has 0 aliphatic heterocycles. The van der Waals surface area contributed by atoms with Crippen LogP contribution in [0.4, 0.5) is 4.39 Å². The van der Waals surface area contributed by atoms with Crippen LogP contribution in [0.3, 0.4) is 0 Å². The van der Waals surface area contributed by atoms with Crippen LogP contribution in [-0.2, 0) is 4.74 Å². The molecule has 0 aliphatic rings. The molecule has 0 bridgehead atoms. The average Bonchev–Trinajstić information content (AvgIpc) is 2.92. The number of aromatic nitrogens is 3. The summed E-state index contributed by atoms with van der Waals surface area (Å²) in [6.07, 6.45) is 1.57. The molecule has 0 fully saturated rings. The van der Waals surface area contributed by atoms with Crippen LogP contribution >= 0.6 is 0 Å². The first-order valence-electron chi connectivity index (χ1n) is 6.88. The maximum absolute atomic E-state index is 13.4. The number of carbonyl (C=O) groups excluding carboxylic acids is 1. The zero-order valence-corrected chi connectivity index (χ0v) is 12.2. The highest BCUT2D eigenvalue weighted by atomic mass is 19.1. The second-order valence-corrected chi connectivity index (χ2v) is 4.82. The van der Waals surface area contributed by atoms with Crippen LogP contribution in [0.15, 0.2) is 36.5 Å². The molecule has 3 rings (SSSR count). The number of fused-ring (bicyclic) bond motifs is 1. The predicted octanol–water partition coefficient (Wildman–Crippen LogP) is 3.02. The lowest BCUT2D eigenvalue weighted by molar-refractivity contribution is 0.0509. The number of hydrogen-bond donors (Lipinski definition) is 0. The molecule has 0 saturated heterocycles. The normalized spacial score (nSPS) is 10.9. The highest BCUT2D eigenvalue weighted by Gasteiger charge is 2.17. The highest BCUT2D eigenvalue weighted by Crippen LogP contribution is 2.22. The van der Waals surface area contributed by atoms with E-state index in [1.54, 1.807) is 25.3 Å². The Kier molecular flexibility index (Phi) is 3.58. The lowest BCUT2D eigenvalue weighted by Gasteiger charge is -2.06. The zero-order valence-electron chi connectivity index (χ0n) is 12.2. The lowest BCUT2D eigenvalue weighted by atomic mass is 10.1. The number of imidazole rings is 1. The van der Waals surface area contributed by atoms with Gasteiger partial charge in [-0.25, -0.2) is 18.7 Å². The molecule has 3 aromatic rings. The zero-order chi connectivity index (χ0) is 15.7. The van der Waals surface area contributed by atoms with Gasteiger partial charge in [0.05, 0.1) is 24.0 Å². The molecule has 2 aromatic heterocycles. The summed E-state index contributed by atoms with van der Waals surface area (Å²) < 4.78 is 19.8. The van der Waals surface area contributed by atoms with Crippen LogP contribution in [0.5, 0.6) is 0 Å². The summed E-state index contributed by atoms with van der Waals surface area (Å²) in [5.74, 6) is -0.766. The van der Waals surface area contributed by atoms with E-state index < -0.39 is 5.97 Å². The summed E-state index contributed by atoms with van der Waals surface area (Å²) in [5.41, 5.74) is 2.79. The Bertz CT molecular complexity index is 858. The smallest absolute Gasteiger partial charge is 0.376 e.